The number of carbonyl (C=O) groups is 3. The molecular formula is C17H21NO6. The van der Waals surface area contributed by atoms with Crippen LogP contribution in [0.5, 0.6) is 11.5 Å². The second-order valence-corrected chi connectivity index (χ2v) is 5.70. The molecule has 0 spiro atoms. The number of carboxylic acid groups (broad SMARTS) is 1. The normalized spacial score (nSPS) is 12.0. The van der Waals surface area contributed by atoms with Crippen molar-refractivity contribution < 1.29 is 29.0 Å². The van der Waals surface area contributed by atoms with Crippen LogP contribution in [0.1, 0.15) is 42.5 Å². The first-order valence-corrected chi connectivity index (χ1v) is 7.86. The number of nitrogens with zero attached hydrogens (tertiary/aromatic N) is 1. The molecule has 0 aliphatic carbocycles. The van der Waals surface area contributed by atoms with Gasteiger partial charge in [-0.3, -0.25) is 14.4 Å². The quantitative estimate of drug-likeness (QED) is 0.549. The zero-order chi connectivity index (χ0) is 17.5. The third kappa shape index (κ3) is 4.97. The molecule has 1 amide bonds. The number of likely N-dealkylation sites (N-methyl/N-ethyl adjacent to an activating group) is 1. The van der Waals surface area contributed by atoms with Gasteiger partial charge in [0.05, 0.1) is 6.54 Å². The Morgan fingerprint density at radius 3 is 2.54 bits per heavy atom. The van der Waals surface area contributed by atoms with Crippen molar-refractivity contribution in [3.8, 4) is 11.5 Å². The highest BCUT2D eigenvalue weighted by atomic mass is 16.7. The number of Topliss-reactive ketones (excluding diaryl/α,β-unsaturated/α-hetero) is 1. The summed E-state index contributed by atoms with van der Waals surface area (Å²) in [6, 6.07) is 4.95. The minimum atomic E-state index is -0.826. The number of unbranched alkanes of at least 4 members (excludes halogenated alkanes) is 2. The van der Waals surface area contributed by atoms with Crippen molar-refractivity contribution in [3.63, 3.8) is 0 Å². The molecule has 130 valence electrons. The molecule has 0 radical (unpaired) electrons. The fourth-order valence-electron chi connectivity index (χ4n) is 2.38. The van der Waals surface area contributed by atoms with Crippen molar-refractivity contribution >= 4 is 17.7 Å². The fraction of sp³-hybridized carbons (Fsp3) is 0.471. The van der Waals surface area contributed by atoms with E-state index in [0.717, 1.165) is 0 Å². The Balaban J connectivity index is 1.76. The van der Waals surface area contributed by atoms with Gasteiger partial charge in [-0.2, -0.15) is 0 Å². The molecular weight excluding hydrogens is 314 g/mol. The number of benzene rings is 1. The van der Waals surface area contributed by atoms with Crippen LogP contribution in [0.4, 0.5) is 0 Å². The van der Waals surface area contributed by atoms with Crippen molar-refractivity contribution in [2.24, 2.45) is 0 Å². The molecule has 1 heterocycles. The molecule has 0 fully saturated rings. The topological polar surface area (TPSA) is 93.1 Å². The maximum Gasteiger partial charge on any atom is 0.303 e. The number of carboxylic acids is 1. The smallest absolute Gasteiger partial charge is 0.303 e. The number of carbonyl (C=O) groups excluding carboxylic acids is 2. The highest BCUT2D eigenvalue weighted by Gasteiger charge is 2.18. The first kappa shape index (κ1) is 17.8. The highest BCUT2D eigenvalue weighted by molar-refractivity contribution is 5.99. The lowest BCUT2D eigenvalue weighted by atomic mass is 10.1. The van der Waals surface area contributed by atoms with E-state index >= 15 is 0 Å². The molecule has 1 aliphatic heterocycles. The summed E-state index contributed by atoms with van der Waals surface area (Å²) in [5, 5.41) is 8.55. The lowest BCUT2D eigenvalue weighted by Gasteiger charge is -2.16. The van der Waals surface area contributed by atoms with E-state index in [4.69, 9.17) is 14.6 Å². The van der Waals surface area contributed by atoms with Gasteiger partial charge in [0.1, 0.15) is 0 Å². The van der Waals surface area contributed by atoms with E-state index in [1.54, 1.807) is 25.2 Å². The summed E-state index contributed by atoms with van der Waals surface area (Å²) in [4.78, 5) is 36.1. The van der Waals surface area contributed by atoms with Gasteiger partial charge in [0.25, 0.3) is 0 Å². The molecule has 7 heteroatoms. The average Bonchev–Trinajstić information content (AvgIpc) is 3.01. The van der Waals surface area contributed by atoms with Crippen LogP contribution in [0, 0.1) is 0 Å². The Kier molecular flexibility index (Phi) is 6.17. The van der Waals surface area contributed by atoms with E-state index in [1.165, 1.54) is 4.90 Å². The number of aliphatic carboxylic acids is 1. The standard InChI is InChI=1S/C17H21NO6/c1-18(16(20)5-3-2-4-6-17(21)22)10-13(19)12-7-8-14-15(9-12)24-11-23-14/h7-9H,2-6,10-11H2,1H3,(H,21,22). The summed E-state index contributed by atoms with van der Waals surface area (Å²) in [5.74, 6) is 0.0211. The van der Waals surface area contributed by atoms with Crippen LogP contribution < -0.4 is 9.47 Å². The van der Waals surface area contributed by atoms with Crippen LogP contribution in [0.15, 0.2) is 18.2 Å². The van der Waals surface area contributed by atoms with Gasteiger partial charge in [-0.1, -0.05) is 6.42 Å². The van der Waals surface area contributed by atoms with Gasteiger partial charge < -0.3 is 19.5 Å². The summed E-state index contributed by atoms with van der Waals surface area (Å²) in [5.41, 5.74) is 0.473. The van der Waals surface area contributed by atoms with Crippen molar-refractivity contribution in [2.75, 3.05) is 20.4 Å². The summed E-state index contributed by atoms with van der Waals surface area (Å²) >= 11 is 0. The van der Waals surface area contributed by atoms with Gasteiger partial charge in [-0.05, 0) is 31.0 Å². The number of amides is 1. The Hall–Kier alpha value is -2.57. The zero-order valence-corrected chi connectivity index (χ0v) is 13.6. The van der Waals surface area contributed by atoms with Crippen LogP contribution in [0.2, 0.25) is 0 Å². The van der Waals surface area contributed by atoms with Gasteiger partial charge in [0, 0.05) is 25.5 Å². The van der Waals surface area contributed by atoms with Crippen LogP contribution in [0.25, 0.3) is 0 Å². The highest BCUT2D eigenvalue weighted by Crippen LogP contribution is 2.32. The maximum atomic E-state index is 12.3. The average molecular weight is 335 g/mol. The number of fused-ring (bicyclic) bond motifs is 1. The van der Waals surface area contributed by atoms with Crippen LogP contribution in [-0.2, 0) is 9.59 Å². The van der Waals surface area contributed by atoms with Gasteiger partial charge in [0.2, 0.25) is 12.7 Å². The van der Waals surface area contributed by atoms with Crippen molar-refractivity contribution in [1.82, 2.24) is 4.90 Å². The van der Waals surface area contributed by atoms with Crippen LogP contribution in [-0.4, -0.2) is 48.1 Å². The number of hydrogen-bond acceptors (Lipinski definition) is 5. The third-order valence-corrected chi connectivity index (χ3v) is 3.78. The molecule has 0 bridgehead atoms. The van der Waals surface area contributed by atoms with Gasteiger partial charge >= 0.3 is 5.97 Å². The number of rotatable bonds is 9. The predicted octanol–water partition coefficient (Wildman–Crippen LogP) is 2.09. The molecule has 1 aliphatic rings. The molecule has 1 N–H and O–H groups in total. The zero-order valence-electron chi connectivity index (χ0n) is 13.6. The van der Waals surface area contributed by atoms with Crippen LogP contribution >= 0.6 is 0 Å². The first-order valence-electron chi connectivity index (χ1n) is 7.86. The minimum Gasteiger partial charge on any atom is -0.481 e. The minimum absolute atomic E-state index is 0.00635. The van der Waals surface area contributed by atoms with E-state index in [9.17, 15) is 14.4 Å². The molecule has 2 rings (SSSR count). The summed E-state index contributed by atoms with van der Waals surface area (Å²) in [6.07, 6.45) is 2.29. The summed E-state index contributed by atoms with van der Waals surface area (Å²) in [6.45, 7) is 0.140. The van der Waals surface area contributed by atoms with Crippen LogP contribution in [0.3, 0.4) is 0 Å². The molecule has 24 heavy (non-hydrogen) atoms. The fourth-order valence-corrected chi connectivity index (χ4v) is 2.38. The molecule has 0 atom stereocenters. The lowest BCUT2D eigenvalue weighted by molar-refractivity contribution is -0.137. The second kappa shape index (κ2) is 8.33. The molecule has 1 aromatic carbocycles. The monoisotopic (exact) mass is 335 g/mol. The van der Waals surface area contributed by atoms with E-state index in [0.29, 0.717) is 42.7 Å². The van der Waals surface area contributed by atoms with E-state index in [2.05, 4.69) is 0 Å². The summed E-state index contributed by atoms with van der Waals surface area (Å²) in [7, 11) is 1.59. The van der Waals surface area contributed by atoms with Gasteiger partial charge in [-0.15, -0.1) is 0 Å². The lowest BCUT2D eigenvalue weighted by Crippen LogP contribution is -2.31. The van der Waals surface area contributed by atoms with Crippen molar-refractivity contribution in [3.05, 3.63) is 23.8 Å². The second-order valence-electron chi connectivity index (χ2n) is 5.70. The molecule has 0 saturated heterocycles. The molecule has 0 aromatic heterocycles. The number of ketones is 1. The molecule has 1 aromatic rings. The largest absolute Gasteiger partial charge is 0.481 e. The summed E-state index contributed by atoms with van der Waals surface area (Å²) < 4.78 is 10.4. The van der Waals surface area contributed by atoms with E-state index < -0.39 is 5.97 Å². The SMILES string of the molecule is CN(CC(=O)c1ccc2c(c1)OCO2)C(=O)CCCCCC(=O)O. The van der Waals surface area contributed by atoms with E-state index in [1.807, 2.05) is 0 Å². The third-order valence-electron chi connectivity index (χ3n) is 3.78. The molecule has 0 unspecified atom stereocenters. The van der Waals surface area contributed by atoms with Crippen molar-refractivity contribution in [1.29, 1.82) is 0 Å². The maximum absolute atomic E-state index is 12.3. The van der Waals surface area contributed by atoms with Gasteiger partial charge in [0.15, 0.2) is 17.3 Å². The Labute approximate surface area is 140 Å². The predicted molar refractivity (Wildman–Crippen MR) is 85.3 cm³/mol. The molecule has 7 nitrogen and oxygen atoms in total. The Morgan fingerprint density at radius 1 is 1.08 bits per heavy atom. The molecule has 0 saturated carbocycles. The number of ether oxygens (including phenoxy) is 2. The van der Waals surface area contributed by atoms with Crippen molar-refractivity contribution in [2.45, 2.75) is 32.1 Å². The Morgan fingerprint density at radius 2 is 1.79 bits per heavy atom. The first-order chi connectivity index (χ1) is 11.5. The van der Waals surface area contributed by atoms with Gasteiger partial charge in [-0.25, -0.2) is 0 Å². The number of hydrogen-bond donors (Lipinski definition) is 1. The Bertz CT molecular complexity index is 628. The van der Waals surface area contributed by atoms with E-state index in [-0.39, 0.29) is 31.4 Å².